The van der Waals surface area contributed by atoms with Crippen LogP contribution < -0.4 is 5.73 Å². The first kappa shape index (κ1) is 9.65. The highest BCUT2D eigenvalue weighted by molar-refractivity contribution is 5.63. The van der Waals surface area contributed by atoms with Crippen molar-refractivity contribution in [2.45, 2.75) is 0 Å². The molecule has 0 fully saturated rings. The van der Waals surface area contributed by atoms with E-state index in [9.17, 15) is 0 Å². The Bertz CT molecular complexity index is 607. The molecule has 1 aromatic carbocycles. The highest BCUT2D eigenvalue weighted by Crippen LogP contribution is 2.20. The van der Waals surface area contributed by atoms with Gasteiger partial charge in [0.1, 0.15) is 5.82 Å². The summed E-state index contributed by atoms with van der Waals surface area (Å²) in [6.45, 7) is 0. The van der Waals surface area contributed by atoms with E-state index in [1.807, 2.05) is 41.1 Å². The zero-order valence-corrected chi connectivity index (χ0v) is 9.04. The number of anilines is 1. The third-order valence-corrected chi connectivity index (χ3v) is 2.58. The predicted molar refractivity (Wildman–Crippen MR) is 65.6 cm³/mol. The van der Waals surface area contributed by atoms with Crippen molar-refractivity contribution in [3.8, 4) is 16.9 Å². The topological polar surface area (TPSA) is 72.5 Å². The minimum atomic E-state index is 0.499. The van der Waals surface area contributed by atoms with E-state index in [1.165, 1.54) is 0 Å². The molecule has 3 rings (SSSR count). The highest BCUT2D eigenvalue weighted by atomic mass is 15.2. The smallest absolute Gasteiger partial charge is 0.145 e. The SMILES string of the molecule is Nc1cc(-c2ccc(-n3ccnc3)cc2)[nH]n1. The second-order valence-corrected chi connectivity index (χ2v) is 3.72. The van der Waals surface area contributed by atoms with Crippen molar-refractivity contribution >= 4 is 5.82 Å². The summed E-state index contributed by atoms with van der Waals surface area (Å²) in [6, 6.07) is 9.89. The molecule has 0 aliphatic carbocycles. The molecule has 0 aliphatic heterocycles. The molecule has 0 radical (unpaired) electrons. The molecule has 3 aromatic rings. The van der Waals surface area contributed by atoms with Crippen LogP contribution >= 0.6 is 0 Å². The molecular formula is C12H11N5. The molecule has 0 atom stereocenters. The Morgan fingerprint density at radius 2 is 2.00 bits per heavy atom. The van der Waals surface area contributed by atoms with Gasteiger partial charge in [-0.15, -0.1) is 0 Å². The molecule has 17 heavy (non-hydrogen) atoms. The van der Waals surface area contributed by atoms with Crippen molar-refractivity contribution in [3.63, 3.8) is 0 Å². The summed E-state index contributed by atoms with van der Waals surface area (Å²) in [5.74, 6) is 0.499. The van der Waals surface area contributed by atoms with Crippen LogP contribution in [0.2, 0.25) is 0 Å². The van der Waals surface area contributed by atoms with Gasteiger partial charge >= 0.3 is 0 Å². The van der Waals surface area contributed by atoms with Crippen LogP contribution in [0.3, 0.4) is 0 Å². The van der Waals surface area contributed by atoms with Crippen molar-refractivity contribution in [3.05, 3.63) is 49.1 Å². The number of H-pyrrole nitrogens is 1. The van der Waals surface area contributed by atoms with Crippen molar-refractivity contribution in [2.24, 2.45) is 0 Å². The average molecular weight is 225 g/mol. The third-order valence-electron chi connectivity index (χ3n) is 2.58. The number of aromatic nitrogens is 4. The summed E-state index contributed by atoms with van der Waals surface area (Å²) < 4.78 is 1.95. The fraction of sp³-hybridized carbons (Fsp3) is 0. The number of benzene rings is 1. The van der Waals surface area contributed by atoms with Crippen molar-refractivity contribution in [2.75, 3.05) is 5.73 Å². The monoisotopic (exact) mass is 225 g/mol. The Kier molecular flexibility index (Phi) is 2.15. The molecule has 0 spiro atoms. The minimum absolute atomic E-state index is 0.499. The van der Waals surface area contributed by atoms with E-state index in [2.05, 4.69) is 15.2 Å². The lowest BCUT2D eigenvalue weighted by Gasteiger charge is -2.02. The van der Waals surface area contributed by atoms with E-state index in [1.54, 1.807) is 12.5 Å². The molecule has 0 amide bonds. The van der Waals surface area contributed by atoms with Gasteiger partial charge in [0.2, 0.25) is 0 Å². The van der Waals surface area contributed by atoms with Crippen molar-refractivity contribution < 1.29 is 0 Å². The molecule has 84 valence electrons. The highest BCUT2D eigenvalue weighted by Gasteiger charge is 2.01. The number of hydrogen-bond acceptors (Lipinski definition) is 3. The number of hydrogen-bond donors (Lipinski definition) is 2. The maximum Gasteiger partial charge on any atom is 0.145 e. The predicted octanol–water partition coefficient (Wildman–Crippen LogP) is 1.84. The lowest BCUT2D eigenvalue weighted by Crippen LogP contribution is -1.89. The van der Waals surface area contributed by atoms with Gasteiger partial charge in [0.05, 0.1) is 12.0 Å². The Morgan fingerprint density at radius 1 is 1.18 bits per heavy atom. The number of rotatable bonds is 2. The molecule has 0 aliphatic rings. The van der Waals surface area contributed by atoms with Gasteiger partial charge < -0.3 is 10.3 Å². The van der Waals surface area contributed by atoms with Gasteiger partial charge in [-0.2, -0.15) is 5.10 Å². The molecule has 3 N–H and O–H groups in total. The minimum Gasteiger partial charge on any atom is -0.382 e. The van der Waals surface area contributed by atoms with Gasteiger partial charge in [0.15, 0.2) is 0 Å². The zero-order valence-electron chi connectivity index (χ0n) is 9.04. The summed E-state index contributed by atoms with van der Waals surface area (Å²) in [6.07, 6.45) is 5.43. The number of nitrogens with two attached hydrogens (primary N) is 1. The molecule has 0 bridgehead atoms. The van der Waals surface area contributed by atoms with Gasteiger partial charge in [0.25, 0.3) is 0 Å². The van der Waals surface area contributed by atoms with Crippen molar-refractivity contribution in [1.82, 2.24) is 19.7 Å². The largest absolute Gasteiger partial charge is 0.382 e. The van der Waals surface area contributed by atoms with Crippen LogP contribution in [0.25, 0.3) is 16.9 Å². The Balaban J connectivity index is 1.95. The van der Waals surface area contributed by atoms with E-state index >= 15 is 0 Å². The van der Waals surface area contributed by atoms with Gasteiger partial charge in [-0.05, 0) is 17.7 Å². The second-order valence-electron chi connectivity index (χ2n) is 3.72. The number of nitrogens with one attached hydrogen (secondary N) is 1. The third kappa shape index (κ3) is 1.78. The summed E-state index contributed by atoms with van der Waals surface area (Å²) in [4.78, 5) is 4.01. The number of nitrogen functional groups attached to an aromatic ring is 1. The van der Waals surface area contributed by atoms with Crippen LogP contribution in [-0.2, 0) is 0 Å². The van der Waals surface area contributed by atoms with Crippen LogP contribution in [0.4, 0.5) is 5.82 Å². The van der Waals surface area contributed by atoms with Gasteiger partial charge in [-0.3, -0.25) is 5.10 Å². The van der Waals surface area contributed by atoms with E-state index in [4.69, 9.17) is 5.73 Å². The van der Waals surface area contributed by atoms with Gasteiger partial charge in [0, 0.05) is 24.1 Å². The van der Waals surface area contributed by atoms with Crippen LogP contribution in [0.15, 0.2) is 49.1 Å². The number of imidazole rings is 1. The Morgan fingerprint density at radius 3 is 2.59 bits per heavy atom. The molecular weight excluding hydrogens is 214 g/mol. The lowest BCUT2D eigenvalue weighted by atomic mass is 10.1. The number of aromatic amines is 1. The molecule has 0 unspecified atom stereocenters. The molecule has 0 saturated heterocycles. The van der Waals surface area contributed by atoms with Gasteiger partial charge in [-0.25, -0.2) is 4.98 Å². The lowest BCUT2D eigenvalue weighted by molar-refractivity contribution is 1.06. The molecule has 2 aromatic heterocycles. The van der Waals surface area contributed by atoms with Crippen LogP contribution in [0.5, 0.6) is 0 Å². The van der Waals surface area contributed by atoms with Gasteiger partial charge in [-0.1, -0.05) is 12.1 Å². The molecule has 5 nitrogen and oxygen atoms in total. The maximum absolute atomic E-state index is 5.57. The Labute approximate surface area is 97.9 Å². The average Bonchev–Trinajstić information content (AvgIpc) is 3.00. The fourth-order valence-electron chi connectivity index (χ4n) is 1.71. The quantitative estimate of drug-likeness (QED) is 0.699. The summed E-state index contributed by atoms with van der Waals surface area (Å²) in [5, 5.41) is 6.78. The van der Waals surface area contributed by atoms with Crippen molar-refractivity contribution in [1.29, 1.82) is 0 Å². The fourth-order valence-corrected chi connectivity index (χ4v) is 1.71. The first-order valence-electron chi connectivity index (χ1n) is 5.22. The van der Waals surface area contributed by atoms with E-state index in [0.717, 1.165) is 16.9 Å². The zero-order chi connectivity index (χ0) is 11.7. The number of nitrogens with zero attached hydrogens (tertiary/aromatic N) is 3. The van der Waals surface area contributed by atoms with Crippen LogP contribution in [0.1, 0.15) is 0 Å². The molecule has 2 heterocycles. The second kappa shape index (κ2) is 3.79. The summed E-state index contributed by atoms with van der Waals surface area (Å²) in [5.41, 5.74) is 8.61. The molecule has 5 heteroatoms. The van der Waals surface area contributed by atoms with E-state index < -0.39 is 0 Å². The molecule has 0 saturated carbocycles. The normalized spacial score (nSPS) is 10.6. The standard InChI is InChI=1S/C12H11N5/c13-12-7-11(15-16-12)9-1-3-10(4-2-9)17-6-5-14-8-17/h1-8H,(H3,13,15,16). The first-order chi connectivity index (χ1) is 8.33. The van der Waals surface area contributed by atoms with Crippen LogP contribution in [0, 0.1) is 0 Å². The Hall–Kier alpha value is -2.56. The van der Waals surface area contributed by atoms with Crippen LogP contribution in [-0.4, -0.2) is 19.7 Å². The van der Waals surface area contributed by atoms with E-state index in [-0.39, 0.29) is 0 Å². The summed E-state index contributed by atoms with van der Waals surface area (Å²) >= 11 is 0. The maximum atomic E-state index is 5.57. The van der Waals surface area contributed by atoms with E-state index in [0.29, 0.717) is 5.82 Å². The first-order valence-corrected chi connectivity index (χ1v) is 5.22. The summed E-state index contributed by atoms with van der Waals surface area (Å²) in [7, 11) is 0.